The molecule has 0 fully saturated rings. The molecule has 0 aromatic carbocycles. The Hall–Kier alpha value is 0.580. The summed E-state index contributed by atoms with van der Waals surface area (Å²) >= 11 is 6.81. The minimum Gasteiger partial charge on any atom is -0.374 e. The van der Waals surface area contributed by atoms with Crippen LogP contribution in [0.15, 0.2) is 11.6 Å². The molecule has 0 aliphatic carbocycles. The molecule has 2 N–H and O–H groups in total. The molecule has 0 amide bonds. The summed E-state index contributed by atoms with van der Waals surface area (Å²) in [7, 11) is 0. The molecule has 0 saturated carbocycles. The Morgan fingerprint density at radius 2 is 1.85 bits per heavy atom. The number of nitrogens with zero attached hydrogens (tertiary/aromatic N) is 1. The van der Waals surface area contributed by atoms with E-state index in [-0.39, 0.29) is 3.74 Å². The summed E-state index contributed by atoms with van der Waals surface area (Å²) in [6, 6.07) is 0. The second-order valence-corrected chi connectivity index (χ2v) is 8.59. The van der Waals surface area contributed by atoms with Gasteiger partial charge in [0, 0.05) is 6.54 Å². The first kappa shape index (κ1) is 18.6. The fraction of sp³-hybridized carbons (Fsp3) is 0.867. The van der Waals surface area contributed by atoms with Crippen LogP contribution in [0.25, 0.3) is 0 Å². The van der Waals surface area contributed by atoms with Crippen molar-refractivity contribution >= 4 is 31.9 Å². The van der Waals surface area contributed by atoms with Gasteiger partial charge in [-0.25, -0.2) is 4.90 Å². The van der Waals surface area contributed by atoms with Crippen molar-refractivity contribution in [1.82, 2.24) is 4.90 Å². The van der Waals surface area contributed by atoms with Crippen molar-refractivity contribution < 1.29 is 10.2 Å². The van der Waals surface area contributed by atoms with Crippen molar-refractivity contribution in [2.75, 3.05) is 6.54 Å². The summed E-state index contributed by atoms with van der Waals surface area (Å²) in [5.74, 6) is 0. The SMILES string of the molecule is CCCCCCC1=CC(O)(C(Br)Br)N(CCCC)C1O. The van der Waals surface area contributed by atoms with Crippen molar-refractivity contribution in [2.45, 2.75) is 74.5 Å². The molecule has 2 atom stereocenters. The van der Waals surface area contributed by atoms with Crippen LogP contribution in [0.1, 0.15) is 58.8 Å². The zero-order valence-electron chi connectivity index (χ0n) is 12.5. The number of halogens is 2. The minimum absolute atomic E-state index is 0.290. The zero-order chi connectivity index (χ0) is 15.2. The first-order valence-electron chi connectivity index (χ1n) is 7.64. The first-order chi connectivity index (χ1) is 9.47. The maximum absolute atomic E-state index is 10.8. The van der Waals surface area contributed by atoms with Crippen LogP contribution in [0, 0.1) is 0 Å². The molecule has 5 heteroatoms. The van der Waals surface area contributed by atoms with Crippen molar-refractivity contribution in [1.29, 1.82) is 0 Å². The Kier molecular flexibility index (Phi) is 8.28. The maximum atomic E-state index is 10.8. The molecule has 3 nitrogen and oxygen atoms in total. The van der Waals surface area contributed by atoms with Crippen LogP contribution in [-0.4, -0.2) is 37.3 Å². The summed E-state index contributed by atoms with van der Waals surface area (Å²) in [5, 5.41) is 21.3. The van der Waals surface area contributed by atoms with Gasteiger partial charge in [-0.05, 0) is 30.9 Å². The molecule has 0 radical (unpaired) electrons. The number of aliphatic hydroxyl groups is 2. The monoisotopic (exact) mass is 411 g/mol. The highest BCUT2D eigenvalue weighted by molar-refractivity contribution is 9.24. The Morgan fingerprint density at radius 3 is 2.40 bits per heavy atom. The lowest BCUT2D eigenvalue weighted by molar-refractivity contribution is -0.107. The molecule has 0 aromatic rings. The van der Waals surface area contributed by atoms with Gasteiger partial charge in [-0.3, -0.25) is 0 Å². The largest absolute Gasteiger partial charge is 0.374 e. The van der Waals surface area contributed by atoms with E-state index in [9.17, 15) is 10.2 Å². The fourth-order valence-electron chi connectivity index (χ4n) is 2.60. The predicted octanol–water partition coefficient (Wildman–Crippen LogP) is 4.12. The number of aliphatic hydroxyl groups excluding tert-OH is 1. The molecule has 0 spiro atoms. The van der Waals surface area contributed by atoms with Gasteiger partial charge >= 0.3 is 0 Å². The van der Waals surface area contributed by atoms with Crippen molar-refractivity contribution in [3.63, 3.8) is 0 Å². The average Bonchev–Trinajstić information content (AvgIpc) is 2.66. The highest BCUT2D eigenvalue weighted by Gasteiger charge is 2.47. The fourth-order valence-corrected chi connectivity index (χ4v) is 3.39. The zero-order valence-corrected chi connectivity index (χ0v) is 15.7. The highest BCUT2D eigenvalue weighted by atomic mass is 79.9. The molecule has 2 unspecified atom stereocenters. The molecular formula is C15H27Br2NO2. The van der Waals surface area contributed by atoms with Crippen LogP contribution in [0.3, 0.4) is 0 Å². The molecule has 1 rings (SSSR count). The highest BCUT2D eigenvalue weighted by Crippen LogP contribution is 2.39. The van der Waals surface area contributed by atoms with Crippen molar-refractivity contribution in [3.8, 4) is 0 Å². The molecule has 0 saturated heterocycles. The number of hydrogen-bond donors (Lipinski definition) is 2. The van der Waals surface area contributed by atoms with Crippen LogP contribution in [0.4, 0.5) is 0 Å². The second kappa shape index (κ2) is 8.89. The second-order valence-electron chi connectivity index (χ2n) is 5.53. The summed E-state index contributed by atoms with van der Waals surface area (Å²) in [6.07, 6.45) is 8.72. The molecule has 1 aliphatic heterocycles. The van der Waals surface area contributed by atoms with Gasteiger partial charge in [0.15, 0.2) is 5.72 Å². The van der Waals surface area contributed by atoms with E-state index in [2.05, 4.69) is 45.7 Å². The van der Waals surface area contributed by atoms with E-state index < -0.39 is 12.0 Å². The number of unbranched alkanes of at least 4 members (excludes halogenated alkanes) is 4. The van der Waals surface area contributed by atoms with Gasteiger partial charge in [-0.1, -0.05) is 71.4 Å². The lowest BCUT2D eigenvalue weighted by Gasteiger charge is -2.36. The summed E-state index contributed by atoms with van der Waals surface area (Å²) < 4.78 is -0.290. The van der Waals surface area contributed by atoms with E-state index in [0.29, 0.717) is 6.54 Å². The lowest BCUT2D eigenvalue weighted by Crippen LogP contribution is -2.52. The van der Waals surface area contributed by atoms with Crippen LogP contribution < -0.4 is 0 Å². The standard InChI is InChI=1S/C15H27Br2NO2/c1-3-5-7-8-9-12-11-15(20,14(16)17)18(13(12)19)10-6-4-2/h11,13-14,19-20H,3-10H2,1-2H3. The Bertz CT molecular complexity index is 323. The molecule has 118 valence electrons. The quantitative estimate of drug-likeness (QED) is 0.340. The number of alkyl halides is 2. The van der Waals surface area contributed by atoms with E-state index in [1.54, 1.807) is 4.90 Å². The van der Waals surface area contributed by atoms with Gasteiger partial charge in [0.05, 0.1) is 0 Å². The van der Waals surface area contributed by atoms with E-state index in [1.807, 2.05) is 6.08 Å². The normalized spacial score (nSPS) is 27.4. The summed E-state index contributed by atoms with van der Waals surface area (Å²) in [5.41, 5.74) is -0.196. The van der Waals surface area contributed by atoms with Gasteiger partial charge in [0.2, 0.25) is 0 Å². The maximum Gasteiger partial charge on any atom is 0.162 e. The summed E-state index contributed by atoms with van der Waals surface area (Å²) in [4.78, 5) is 1.78. The van der Waals surface area contributed by atoms with Crippen molar-refractivity contribution in [3.05, 3.63) is 11.6 Å². The minimum atomic E-state index is -1.14. The smallest absolute Gasteiger partial charge is 0.162 e. The van der Waals surface area contributed by atoms with Gasteiger partial charge in [-0.15, -0.1) is 0 Å². The Morgan fingerprint density at radius 1 is 1.20 bits per heavy atom. The van der Waals surface area contributed by atoms with Gasteiger partial charge in [0.25, 0.3) is 0 Å². The van der Waals surface area contributed by atoms with Gasteiger partial charge < -0.3 is 10.2 Å². The lowest BCUT2D eigenvalue weighted by atomic mass is 10.1. The van der Waals surface area contributed by atoms with E-state index in [0.717, 1.165) is 31.3 Å². The van der Waals surface area contributed by atoms with Crippen molar-refractivity contribution in [2.24, 2.45) is 0 Å². The molecular weight excluding hydrogens is 386 g/mol. The molecule has 20 heavy (non-hydrogen) atoms. The van der Waals surface area contributed by atoms with Crippen LogP contribution in [-0.2, 0) is 0 Å². The van der Waals surface area contributed by atoms with Crippen LogP contribution in [0.2, 0.25) is 0 Å². The Labute approximate surface area is 139 Å². The molecule has 1 aliphatic rings. The number of rotatable bonds is 9. The molecule has 0 aromatic heterocycles. The topological polar surface area (TPSA) is 43.7 Å². The Balaban J connectivity index is 2.70. The number of hydrogen-bond acceptors (Lipinski definition) is 3. The van der Waals surface area contributed by atoms with E-state index in [1.165, 1.54) is 19.3 Å². The average molecular weight is 413 g/mol. The van der Waals surface area contributed by atoms with Gasteiger partial charge in [0.1, 0.15) is 9.96 Å². The predicted molar refractivity (Wildman–Crippen MR) is 91.1 cm³/mol. The third kappa shape index (κ3) is 4.54. The van der Waals surface area contributed by atoms with Crippen LogP contribution >= 0.6 is 31.9 Å². The molecule has 0 bridgehead atoms. The third-order valence-electron chi connectivity index (χ3n) is 3.88. The van der Waals surface area contributed by atoms with Gasteiger partial charge in [-0.2, -0.15) is 0 Å². The van der Waals surface area contributed by atoms with E-state index >= 15 is 0 Å². The van der Waals surface area contributed by atoms with E-state index in [4.69, 9.17) is 0 Å². The first-order valence-corrected chi connectivity index (χ1v) is 9.47. The third-order valence-corrected chi connectivity index (χ3v) is 5.23. The van der Waals surface area contributed by atoms with Crippen LogP contribution in [0.5, 0.6) is 0 Å². The molecule has 1 heterocycles. The summed E-state index contributed by atoms with van der Waals surface area (Å²) in [6.45, 7) is 4.99.